The molecular weight excluding hydrogens is 378 g/mol. The molecule has 0 spiro atoms. The fourth-order valence-electron chi connectivity index (χ4n) is 3.28. The van der Waals surface area contributed by atoms with Gasteiger partial charge in [-0.05, 0) is 24.3 Å². The number of rotatable bonds is 4. The van der Waals surface area contributed by atoms with Crippen LogP contribution in [0.5, 0.6) is 11.5 Å². The molecule has 3 heterocycles. The topological polar surface area (TPSA) is 101 Å². The predicted octanol–water partition coefficient (Wildman–Crippen LogP) is 0.520. The van der Waals surface area contributed by atoms with Crippen LogP contribution >= 0.6 is 0 Å². The van der Waals surface area contributed by atoms with E-state index in [0.717, 1.165) is 0 Å². The van der Waals surface area contributed by atoms with Crippen LogP contribution in [0.15, 0.2) is 47.1 Å². The molecule has 2 aliphatic heterocycles. The van der Waals surface area contributed by atoms with Crippen molar-refractivity contribution in [3.05, 3.63) is 48.4 Å². The second-order valence-electron chi connectivity index (χ2n) is 6.73. The summed E-state index contributed by atoms with van der Waals surface area (Å²) in [7, 11) is 0. The fraction of sp³-hybridized carbons (Fsp3) is 0.350. The minimum absolute atomic E-state index is 0.121. The quantitative estimate of drug-likeness (QED) is 0.805. The summed E-state index contributed by atoms with van der Waals surface area (Å²) in [5.74, 6) is 0.541. The first-order chi connectivity index (χ1) is 14.1. The van der Waals surface area contributed by atoms with Crippen LogP contribution in [-0.2, 0) is 9.59 Å². The molecule has 9 nitrogen and oxygen atoms in total. The van der Waals surface area contributed by atoms with E-state index in [1.807, 2.05) is 12.1 Å². The van der Waals surface area contributed by atoms with Gasteiger partial charge in [-0.3, -0.25) is 14.4 Å². The van der Waals surface area contributed by atoms with Gasteiger partial charge >= 0.3 is 0 Å². The molecule has 29 heavy (non-hydrogen) atoms. The molecule has 9 heteroatoms. The highest BCUT2D eigenvalue weighted by molar-refractivity contribution is 5.94. The summed E-state index contributed by atoms with van der Waals surface area (Å²) in [4.78, 5) is 40.2. The van der Waals surface area contributed by atoms with Crippen LogP contribution in [0.25, 0.3) is 0 Å². The molecule has 152 valence electrons. The zero-order valence-corrected chi connectivity index (χ0v) is 15.7. The molecule has 1 saturated heterocycles. The van der Waals surface area contributed by atoms with Crippen molar-refractivity contribution in [2.75, 3.05) is 39.3 Å². The Labute approximate surface area is 167 Å². The lowest BCUT2D eigenvalue weighted by Gasteiger charge is -2.37. The average molecular weight is 399 g/mol. The van der Waals surface area contributed by atoms with Crippen molar-refractivity contribution < 1.29 is 28.3 Å². The van der Waals surface area contributed by atoms with Crippen LogP contribution in [-0.4, -0.2) is 73.0 Å². The molecule has 1 atom stereocenters. The molecule has 1 unspecified atom stereocenters. The molecule has 0 radical (unpaired) electrons. The number of para-hydroxylation sites is 2. The van der Waals surface area contributed by atoms with Crippen LogP contribution in [0, 0.1) is 0 Å². The van der Waals surface area contributed by atoms with E-state index in [0.29, 0.717) is 37.7 Å². The highest BCUT2D eigenvalue weighted by Crippen LogP contribution is 2.31. The summed E-state index contributed by atoms with van der Waals surface area (Å²) in [5.41, 5.74) is 0. The van der Waals surface area contributed by atoms with Gasteiger partial charge in [-0.15, -0.1) is 0 Å². The van der Waals surface area contributed by atoms with Gasteiger partial charge in [0, 0.05) is 26.2 Å². The van der Waals surface area contributed by atoms with Crippen LogP contribution < -0.4 is 14.8 Å². The normalized spacial score (nSPS) is 18.3. The summed E-state index contributed by atoms with van der Waals surface area (Å²) < 4.78 is 16.4. The molecule has 0 saturated carbocycles. The highest BCUT2D eigenvalue weighted by Gasteiger charge is 2.33. The molecule has 0 aliphatic carbocycles. The lowest BCUT2D eigenvalue weighted by molar-refractivity contribution is -0.146. The van der Waals surface area contributed by atoms with E-state index in [1.165, 1.54) is 12.3 Å². The number of furan rings is 1. The molecule has 0 bridgehead atoms. The maximum Gasteiger partial charge on any atom is 0.287 e. The monoisotopic (exact) mass is 399 g/mol. The summed E-state index contributed by atoms with van der Waals surface area (Å²) in [6.45, 7) is 1.63. The zero-order valence-electron chi connectivity index (χ0n) is 15.7. The van der Waals surface area contributed by atoms with Crippen molar-refractivity contribution in [2.24, 2.45) is 0 Å². The average Bonchev–Trinajstić information content (AvgIpc) is 3.31. The summed E-state index contributed by atoms with van der Waals surface area (Å²) in [6.07, 6.45) is 0.701. The maximum absolute atomic E-state index is 12.7. The largest absolute Gasteiger partial charge is 0.485 e. The van der Waals surface area contributed by atoms with Gasteiger partial charge in [0.2, 0.25) is 12.0 Å². The smallest absolute Gasteiger partial charge is 0.287 e. The SMILES string of the molecule is O=C(NCC(=O)N1CCN(C(=O)C2COc3ccccc3O2)CC1)c1ccco1. The molecule has 1 aromatic carbocycles. The molecule has 1 fully saturated rings. The van der Waals surface area contributed by atoms with Crippen molar-refractivity contribution in [1.29, 1.82) is 0 Å². The zero-order chi connectivity index (χ0) is 20.2. The Balaban J connectivity index is 1.24. The number of benzene rings is 1. The molecule has 4 rings (SSSR count). The first kappa shape index (κ1) is 18.9. The van der Waals surface area contributed by atoms with Crippen molar-refractivity contribution in [1.82, 2.24) is 15.1 Å². The van der Waals surface area contributed by atoms with Gasteiger partial charge in [-0.25, -0.2) is 0 Å². The summed E-state index contributed by atoms with van der Waals surface area (Å²) in [6, 6.07) is 10.4. The third-order valence-corrected chi connectivity index (χ3v) is 4.87. The fourth-order valence-corrected chi connectivity index (χ4v) is 3.28. The molecule has 1 aromatic heterocycles. The summed E-state index contributed by atoms with van der Waals surface area (Å²) in [5, 5.41) is 2.54. The Hall–Kier alpha value is -3.49. The standard InChI is InChI=1S/C20H21N3O6/c24-18(12-21-19(25)16-6-3-11-27-16)22-7-9-23(10-8-22)20(26)17-13-28-14-4-1-2-5-15(14)29-17/h1-6,11,17H,7-10,12-13H2,(H,21,25). The van der Waals surface area contributed by atoms with Gasteiger partial charge < -0.3 is 29.0 Å². The van der Waals surface area contributed by atoms with Crippen LogP contribution in [0.3, 0.4) is 0 Å². The minimum Gasteiger partial charge on any atom is -0.485 e. The van der Waals surface area contributed by atoms with Crippen molar-refractivity contribution >= 4 is 17.7 Å². The molecule has 2 aliphatic rings. The lowest BCUT2D eigenvalue weighted by atomic mass is 10.2. The van der Waals surface area contributed by atoms with Gasteiger partial charge in [-0.1, -0.05) is 12.1 Å². The van der Waals surface area contributed by atoms with Crippen molar-refractivity contribution in [3.8, 4) is 11.5 Å². The number of hydrogen-bond acceptors (Lipinski definition) is 6. The number of carbonyl (C=O) groups excluding carboxylic acids is 3. The van der Waals surface area contributed by atoms with E-state index in [-0.39, 0.29) is 30.7 Å². The van der Waals surface area contributed by atoms with E-state index in [9.17, 15) is 14.4 Å². The molecule has 1 N–H and O–H groups in total. The molecular formula is C20H21N3O6. The minimum atomic E-state index is -0.695. The van der Waals surface area contributed by atoms with Crippen molar-refractivity contribution in [2.45, 2.75) is 6.10 Å². The maximum atomic E-state index is 12.7. The van der Waals surface area contributed by atoms with Gasteiger partial charge in [0.05, 0.1) is 12.8 Å². The van der Waals surface area contributed by atoms with Gasteiger partial charge in [0.25, 0.3) is 11.8 Å². The third-order valence-electron chi connectivity index (χ3n) is 4.87. The van der Waals surface area contributed by atoms with E-state index >= 15 is 0 Å². The van der Waals surface area contributed by atoms with E-state index in [2.05, 4.69) is 5.32 Å². The first-order valence-corrected chi connectivity index (χ1v) is 9.38. The second kappa shape index (κ2) is 8.26. The number of carbonyl (C=O) groups is 3. The van der Waals surface area contributed by atoms with E-state index in [1.54, 1.807) is 28.0 Å². The summed E-state index contributed by atoms with van der Waals surface area (Å²) >= 11 is 0. The van der Waals surface area contributed by atoms with E-state index in [4.69, 9.17) is 13.9 Å². The van der Waals surface area contributed by atoms with Crippen LogP contribution in [0.1, 0.15) is 10.6 Å². The number of hydrogen-bond donors (Lipinski definition) is 1. The van der Waals surface area contributed by atoms with Gasteiger partial charge in [0.1, 0.15) is 6.61 Å². The Kier molecular flexibility index (Phi) is 5.37. The Morgan fingerprint density at radius 3 is 2.41 bits per heavy atom. The molecule has 3 amide bonds. The number of amides is 3. The van der Waals surface area contributed by atoms with Crippen LogP contribution in [0.2, 0.25) is 0 Å². The number of ether oxygens (including phenoxy) is 2. The second-order valence-corrected chi connectivity index (χ2v) is 6.73. The van der Waals surface area contributed by atoms with E-state index < -0.39 is 12.0 Å². The Morgan fingerprint density at radius 2 is 1.69 bits per heavy atom. The third kappa shape index (κ3) is 4.18. The van der Waals surface area contributed by atoms with Crippen molar-refractivity contribution in [3.63, 3.8) is 0 Å². The van der Waals surface area contributed by atoms with Gasteiger partial charge in [0.15, 0.2) is 17.3 Å². The Morgan fingerprint density at radius 1 is 0.966 bits per heavy atom. The molecule has 2 aromatic rings. The number of nitrogens with zero attached hydrogens (tertiary/aromatic N) is 2. The van der Waals surface area contributed by atoms with Crippen LogP contribution in [0.4, 0.5) is 0 Å². The highest BCUT2D eigenvalue weighted by atomic mass is 16.6. The number of fused-ring (bicyclic) bond motifs is 1. The predicted molar refractivity (Wildman–Crippen MR) is 101 cm³/mol. The number of nitrogens with one attached hydrogen (secondary N) is 1. The lowest BCUT2D eigenvalue weighted by Crippen LogP contribution is -2.56. The first-order valence-electron chi connectivity index (χ1n) is 9.38. The van der Waals surface area contributed by atoms with Gasteiger partial charge in [-0.2, -0.15) is 0 Å². The number of piperazine rings is 1. The Bertz CT molecular complexity index is 889.